The van der Waals surface area contributed by atoms with Gasteiger partial charge >= 0.3 is 0 Å². The van der Waals surface area contributed by atoms with Crippen LogP contribution in [0.2, 0.25) is 0 Å². The fraction of sp³-hybridized carbons (Fsp3) is 0.571. The maximum Gasteiger partial charge on any atom is 0.265 e. The van der Waals surface area contributed by atoms with Crippen molar-refractivity contribution >= 4 is 20.2 Å². The van der Waals surface area contributed by atoms with Crippen molar-refractivity contribution in [2.75, 3.05) is 31.6 Å². The van der Waals surface area contributed by atoms with Crippen LogP contribution in [0.15, 0.2) is 30.3 Å². The monoisotopic (exact) mass is 364 g/mol. The molecule has 1 aliphatic heterocycles. The van der Waals surface area contributed by atoms with Crippen LogP contribution in [0, 0.1) is 11.8 Å². The second kappa shape index (κ2) is 6.48. The molecule has 1 fully saturated rings. The summed E-state index contributed by atoms with van der Waals surface area (Å²) in [5.41, 5.74) is 1.06. The second-order valence-corrected chi connectivity index (χ2v) is 9.64. The Kier molecular flexibility index (Phi) is 5.17. The molecule has 2 rings (SSSR count). The van der Waals surface area contributed by atoms with E-state index in [4.69, 9.17) is 9.11 Å². The first-order valence-electron chi connectivity index (χ1n) is 7.24. The highest BCUT2D eigenvalue weighted by Gasteiger charge is 2.45. The van der Waals surface area contributed by atoms with E-state index < -0.39 is 43.6 Å². The van der Waals surface area contributed by atoms with Crippen LogP contribution >= 0.6 is 0 Å². The fourth-order valence-electron chi connectivity index (χ4n) is 3.58. The van der Waals surface area contributed by atoms with E-state index in [2.05, 4.69) is 0 Å². The number of likely N-dealkylation sites (tertiary alicyclic amines) is 1. The Labute approximate surface area is 137 Å². The lowest BCUT2D eigenvalue weighted by Crippen LogP contribution is -2.41. The van der Waals surface area contributed by atoms with Gasteiger partial charge in [0.05, 0.1) is 31.6 Å². The highest BCUT2D eigenvalue weighted by molar-refractivity contribution is 7.86. The molecule has 1 saturated heterocycles. The standard InChI is InChI=1S/C14H21NO6S2/c1-15(7-12-5-3-2-4-6-12)8-13(10-22(16,17)18)14(9-15)11-23(19,20)21/h2-6,13-14H,7-11H2,1H3,(H-,16,17,18,19,20,21)/p+1. The zero-order chi connectivity index (χ0) is 17.3. The molecule has 2 atom stereocenters. The van der Waals surface area contributed by atoms with E-state index in [-0.39, 0.29) is 0 Å². The third-order valence-electron chi connectivity index (χ3n) is 4.27. The zero-order valence-corrected chi connectivity index (χ0v) is 14.5. The molecule has 0 saturated carbocycles. The van der Waals surface area contributed by atoms with Gasteiger partial charge in [-0.25, -0.2) is 0 Å². The summed E-state index contributed by atoms with van der Waals surface area (Å²) in [7, 11) is -6.49. The summed E-state index contributed by atoms with van der Waals surface area (Å²) < 4.78 is 63.5. The highest BCUT2D eigenvalue weighted by Crippen LogP contribution is 2.32. The van der Waals surface area contributed by atoms with Crippen LogP contribution in [0.5, 0.6) is 0 Å². The molecule has 9 heteroatoms. The van der Waals surface area contributed by atoms with E-state index >= 15 is 0 Å². The first kappa shape index (κ1) is 18.3. The molecule has 1 aliphatic rings. The molecule has 0 aliphatic carbocycles. The van der Waals surface area contributed by atoms with Gasteiger partial charge in [0.2, 0.25) is 0 Å². The summed E-state index contributed by atoms with van der Waals surface area (Å²) in [6.07, 6.45) is 0. The number of benzene rings is 1. The van der Waals surface area contributed by atoms with E-state index in [0.29, 0.717) is 24.1 Å². The normalized spacial score (nSPS) is 28.8. The molecule has 130 valence electrons. The van der Waals surface area contributed by atoms with E-state index in [1.54, 1.807) is 0 Å². The van der Waals surface area contributed by atoms with Gasteiger partial charge in [0.1, 0.15) is 6.54 Å². The Morgan fingerprint density at radius 3 is 1.78 bits per heavy atom. The van der Waals surface area contributed by atoms with E-state index in [0.717, 1.165) is 5.56 Å². The Balaban J connectivity index is 2.20. The molecule has 2 unspecified atom stereocenters. The van der Waals surface area contributed by atoms with Crippen molar-refractivity contribution < 1.29 is 30.4 Å². The van der Waals surface area contributed by atoms with Crippen LogP contribution in [-0.4, -0.2) is 62.1 Å². The molecule has 1 aromatic carbocycles. The van der Waals surface area contributed by atoms with Crippen molar-refractivity contribution in [2.45, 2.75) is 6.54 Å². The topological polar surface area (TPSA) is 109 Å². The van der Waals surface area contributed by atoms with Gasteiger partial charge in [-0.2, -0.15) is 16.8 Å². The Morgan fingerprint density at radius 2 is 1.39 bits per heavy atom. The Bertz CT molecular complexity index is 703. The lowest BCUT2D eigenvalue weighted by Gasteiger charge is -2.30. The maximum atomic E-state index is 11.2. The number of rotatable bonds is 6. The predicted molar refractivity (Wildman–Crippen MR) is 85.9 cm³/mol. The van der Waals surface area contributed by atoms with Crippen molar-refractivity contribution in [3.8, 4) is 0 Å². The molecule has 1 aromatic rings. The van der Waals surface area contributed by atoms with Gasteiger partial charge in [0.25, 0.3) is 20.2 Å². The second-order valence-electron chi connectivity index (χ2n) is 6.65. The van der Waals surface area contributed by atoms with Crippen molar-refractivity contribution in [3.63, 3.8) is 0 Å². The molecule has 0 aromatic heterocycles. The number of quaternary nitrogens is 1. The largest absolute Gasteiger partial charge is 0.322 e. The molecule has 0 spiro atoms. The van der Waals surface area contributed by atoms with Crippen molar-refractivity contribution in [1.29, 1.82) is 0 Å². The van der Waals surface area contributed by atoms with Gasteiger partial charge < -0.3 is 4.48 Å². The summed E-state index contributed by atoms with van der Waals surface area (Å²) >= 11 is 0. The Hall–Kier alpha value is -1.00. The third-order valence-corrected chi connectivity index (χ3v) is 5.97. The number of hydrogen-bond donors (Lipinski definition) is 2. The molecule has 23 heavy (non-hydrogen) atoms. The van der Waals surface area contributed by atoms with Crippen LogP contribution in [0.3, 0.4) is 0 Å². The molecule has 1 heterocycles. The van der Waals surface area contributed by atoms with Crippen LogP contribution < -0.4 is 0 Å². The SMILES string of the molecule is C[N+]1(Cc2ccccc2)CC(CS(=O)(=O)O)C(CS(=O)(=O)O)C1. The van der Waals surface area contributed by atoms with Gasteiger partial charge in [-0.1, -0.05) is 30.3 Å². The van der Waals surface area contributed by atoms with Crippen molar-refractivity contribution in [3.05, 3.63) is 35.9 Å². The molecule has 0 amide bonds. The third kappa shape index (κ3) is 5.85. The predicted octanol–water partition coefficient (Wildman–Crippen LogP) is 0.655. The summed E-state index contributed by atoms with van der Waals surface area (Å²) in [6, 6.07) is 9.62. The number of nitrogens with zero attached hydrogens (tertiary/aromatic N) is 1. The van der Waals surface area contributed by atoms with Crippen LogP contribution in [0.25, 0.3) is 0 Å². The summed E-state index contributed by atoms with van der Waals surface area (Å²) in [5, 5.41) is 0. The summed E-state index contributed by atoms with van der Waals surface area (Å²) in [6.45, 7) is 1.48. The zero-order valence-electron chi connectivity index (χ0n) is 12.9. The van der Waals surface area contributed by atoms with Gasteiger partial charge in [-0.3, -0.25) is 9.11 Å². The number of hydrogen-bond acceptors (Lipinski definition) is 4. The quantitative estimate of drug-likeness (QED) is 0.567. The lowest BCUT2D eigenvalue weighted by molar-refractivity contribution is -0.913. The first-order chi connectivity index (χ1) is 10.5. The van der Waals surface area contributed by atoms with Crippen molar-refractivity contribution in [1.82, 2.24) is 0 Å². The summed E-state index contributed by atoms with van der Waals surface area (Å²) in [5.74, 6) is -2.01. The van der Waals surface area contributed by atoms with Gasteiger partial charge in [-0.05, 0) is 0 Å². The molecule has 7 nitrogen and oxygen atoms in total. The summed E-state index contributed by atoms with van der Waals surface area (Å²) in [4.78, 5) is 0. The molecular formula is C14H22NO6S2+. The van der Waals surface area contributed by atoms with Crippen LogP contribution in [0.1, 0.15) is 5.56 Å². The highest BCUT2D eigenvalue weighted by atomic mass is 32.2. The van der Waals surface area contributed by atoms with Crippen LogP contribution in [-0.2, 0) is 26.8 Å². The minimum absolute atomic E-state index is 0.425. The molecule has 0 bridgehead atoms. The maximum absolute atomic E-state index is 11.2. The lowest BCUT2D eigenvalue weighted by atomic mass is 10.0. The average molecular weight is 364 g/mol. The Morgan fingerprint density at radius 1 is 0.957 bits per heavy atom. The van der Waals surface area contributed by atoms with E-state index in [9.17, 15) is 16.8 Å². The van der Waals surface area contributed by atoms with Gasteiger partial charge in [0, 0.05) is 17.4 Å². The molecular weight excluding hydrogens is 342 g/mol. The minimum Gasteiger partial charge on any atom is -0.322 e. The average Bonchev–Trinajstić information content (AvgIpc) is 2.61. The van der Waals surface area contributed by atoms with Gasteiger partial charge in [0.15, 0.2) is 0 Å². The fourth-order valence-corrected chi connectivity index (χ4v) is 5.41. The van der Waals surface area contributed by atoms with Gasteiger partial charge in [-0.15, -0.1) is 0 Å². The molecule has 2 N–H and O–H groups in total. The first-order valence-corrected chi connectivity index (χ1v) is 10.5. The van der Waals surface area contributed by atoms with Crippen molar-refractivity contribution in [2.24, 2.45) is 11.8 Å². The van der Waals surface area contributed by atoms with E-state index in [1.807, 2.05) is 37.4 Å². The smallest absolute Gasteiger partial charge is 0.265 e. The minimum atomic E-state index is -4.21. The molecule has 0 radical (unpaired) electrons. The van der Waals surface area contributed by atoms with Crippen LogP contribution in [0.4, 0.5) is 0 Å². The van der Waals surface area contributed by atoms with E-state index in [1.165, 1.54) is 0 Å².